The van der Waals surface area contributed by atoms with Crippen molar-refractivity contribution in [3.05, 3.63) is 85.4 Å². The summed E-state index contributed by atoms with van der Waals surface area (Å²) >= 11 is 0. The molecule has 3 aromatic rings. The van der Waals surface area contributed by atoms with Crippen molar-refractivity contribution in [3.63, 3.8) is 0 Å². The molecule has 8 heteroatoms. The van der Waals surface area contributed by atoms with E-state index in [2.05, 4.69) is 9.97 Å². The highest BCUT2D eigenvalue weighted by Crippen LogP contribution is 2.21. The summed E-state index contributed by atoms with van der Waals surface area (Å²) in [4.78, 5) is 47.8. The van der Waals surface area contributed by atoms with Gasteiger partial charge in [-0.15, -0.1) is 0 Å². The minimum Gasteiger partial charge on any atom is -0.495 e. The molecule has 1 aromatic carbocycles. The fourth-order valence-electron chi connectivity index (χ4n) is 4.00. The number of ether oxygens (including phenoxy) is 1. The maximum Gasteiger partial charge on any atom is 0.268 e. The molecule has 0 radical (unpaired) electrons. The lowest BCUT2D eigenvalue weighted by molar-refractivity contribution is 0.0760. The average molecular weight is 420 g/mol. The Bertz CT molecular complexity index is 1280. The van der Waals surface area contributed by atoms with Crippen molar-refractivity contribution in [3.8, 4) is 11.4 Å². The van der Waals surface area contributed by atoms with Crippen molar-refractivity contribution in [2.24, 2.45) is 0 Å². The Morgan fingerprint density at radius 2 is 1.84 bits per heavy atom. The maximum absolute atomic E-state index is 13.4. The Balaban J connectivity index is 1.70. The number of methoxy groups -OCH3 is 1. The third-order valence-electron chi connectivity index (χ3n) is 5.62. The zero-order chi connectivity index (χ0) is 22.1. The van der Waals surface area contributed by atoms with Gasteiger partial charge < -0.3 is 14.6 Å². The molecule has 1 aliphatic rings. The summed E-state index contributed by atoms with van der Waals surface area (Å²) in [6, 6.07) is 8.92. The molecule has 2 aromatic heterocycles. The van der Waals surface area contributed by atoms with Crippen LogP contribution in [0.1, 0.15) is 33.0 Å². The number of benzene rings is 1. The van der Waals surface area contributed by atoms with E-state index in [9.17, 15) is 14.4 Å². The van der Waals surface area contributed by atoms with Crippen molar-refractivity contribution in [1.82, 2.24) is 19.4 Å². The second kappa shape index (κ2) is 8.22. The van der Waals surface area contributed by atoms with Gasteiger partial charge in [0.15, 0.2) is 0 Å². The summed E-state index contributed by atoms with van der Waals surface area (Å²) in [7, 11) is 1.54. The summed E-state index contributed by atoms with van der Waals surface area (Å²) in [6.45, 7) is 4.23. The number of para-hydroxylation sites is 2. The van der Waals surface area contributed by atoms with E-state index >= 15 is 0 Å². The minimum atomic E-state index is -0.400. The van der Waals surface area contributed by atoms with E-state index in [0.29, 0.717) is 60.0 Å². The first-order valence-electron chi connectivity index (χ1n) is 10.1. The van der Waals surface area contributed by atoms with Gasteiger partial charge in [-0.2, -0.15) is 0 Å². The molecule has 160 valence electrons. The van der Waals surface area contributed by atoms with Gasteiger partial charge in [0.05, 0.1) is 18.5 Å². The summed E-state index contributed by atoms with van der Waals surface area (Å²) in [6.07, 6.45) is 2.52. The number of aromatic nitrogens is 3. The van der Waals surface area contributed by atoms with E-state index in [1.807, 2.05) is 12.1 Å². The van der Waals surface area contributed by atoms with Gasteiger partial charge in [-0.1, -0.05) is 12.1 Å². The zero-order valence-corrected chi connectivity index (χ0v) is 17.8. The van der Waals surface area contributed by atoms with Gasteiger partial charge in [0.2, 0.25) is 0 Å². The summed E-state index contributed by atoms with van der Waals surface area (Å²) in [5, 5.41) is 0. The van der Waals surface area contributed by atoms with Gasteiger partial charge in [-0.3, -0.25) is 19.0 Å². The zero-order valence-electron chi connectivity index (χ0n) is 17.8. The lowest BCUT2D eigenvalue weighted by Gasteiger charge is -2.21. The van der Waals surface area contributed by atoms with Gasteiger partial charge in [-0.05, 0) is 44.0 Å². The van der Waals surface area contributed by atoms with Crippen molar-refractivity contribution in [2.75, 3.05) is 20.2 Å². The topological polar surface area (TPSA) is 97.3 Å². The molecule has 1 amide bonds. The Labute approximate surface area is 179 Å². The van der Waals surface area contributed by atoms with Crippen molar-refractivity contribution < 1.29 is 9.53 Å². The first-order chi connectivity index (χ1) is 14.9. The van der Waals surface area contributed by atoms with Crippen molar-refractivity contribution >= 4 is 5.91 Å². The predicted octanol–water partition coefficient (Wildman–Crippen LogP) is 1.79. The van der Waals surface area contributed by atoms with Crippen LogP contribution in [0.15, 0.2) is 46.1 Å². The van der Waals surface area contributed by atoms with Crippen LogP contribution in [0.3, 0.4) is 0 Å². The minimum absolute atomic E-state index is 0.123. The van der Waals surface area contributed by atoms with E-state index in [-0.39, 0.29) is 17.0 Å². The average Bonchev–Trinajstić information content (AvgIpc) is 2.96. The number of nitrogens with one attached hydrogen (secondary N) is 1. The van der Waals surface area contributed by atoms with E-state index in [1.54, 1.807) is 43.1 Å². The first kappa shape index (κ1) is 20.6. The van der Waals surface area contributed by atoms with Gasteiger partial charge >= 0.3 is 0 Å². The number of aromatic amines is 1. The molecule has 0 saturated carbocycles. The Kier molecular flexibility index (Phi) is 5.46. The number of H-pyrrole nitrogens is 1. The quantitative estimate of drug-likeness (QED) is 0.697. The molecule has 0 bridgehead atoms. The van der Waals surface area contributed by atoms with Crippen LogP contribution in [-0.2, 0) is 12.8 Å². The maximum atomic E-state index is 13.4. The van der Waals surface area contributed by atoms with Crippen LogP contribution >= 0.6 is 0 Å². The molecule has 1 aliphatic heterocycles. The van der Waals surface area contributed by atoms with E-state index in [0.717, 1.165) is 0 Å². The van der Waals surface area contributed by atoms with Crippen LogP contribution in [0.2, 0.25) is 0 Å². The number of pyridine rings is 1. The third-order valence-corrected chi connectivity index (χ3v) is 5.62. The lowest BCUT2D eigenvalue weighted by Crippen LogP contribution is -2.38. The summed E-state index contributed by atoms with van der Waals surface area (Å²) in [5.74, 6) is 0.757. The molecule has 3 heterocycles. The molecule has 0 fully saturated rings. The molecule has 0 atom stereocenters. The largest absolute Gasteiger partial charge is 0.495 e. The Hall–Kier alpha value is -3.68. The van der Waals surface area contributed by atoms with Crippen molar-refractivity contribution in [2.45, 2.75) is 26.7 Å². The van der Waals surface area contributed by atoms with Gasteiger partial charge in [0.25, 0.3) is 17.0 Å². The molecule has 1 N–H and O–H groups in total. The number of amides is 1. The SMILES string of the molecule is COc1ccccc1-n1ccc(C)c(C(=O)N2CCc3nc(C)[nH]c(=O)c3CC2)c1=O. The third kappa shape index (κ3) is 3.76. The van der Waals surface area contributed by atoms with Crippen LogP contribution in [0.4, 0.5) is 0 Å². The Morgan fingerprint density at radius 1 is 1.10 bits per heavy atom. The molecule has 4 rings (SSSR count). The molecule has 31 heavy (non-hydrogen) atoms. The monoisotopic (exact) mass is 420 g/mol. The summed E-state index contributed by atoms with van der Waals surface area (Å²) < 4.78 is 6.81. The summed E-state index contributed by atoms with van der Waals surface area (Å²) in [5.41, 5.74) is 2.06. The van der Waals surface area contributed by atoms with Crippen LogP contribution < -0.4 is 15.9 Å². The number of carbonyl (C=O) groups excluding carboxylic acids is 1. The van der Waals surface area contributed by atoms with Gasteiger partial charge in [0, 0.05) is 31.3 Å². The number of nitrogens with zero attached hydrogens (tertiary/aromatic N) is 3. The number of fused-ring (bicyclic) bond motifs is 1. The number of carbonyl (C=O) groups is 1. The second-order valence-corrected chi connectivity index (χ2v) is 7.59. The number of rotatable bonds is 3. The van der Waals surface area contributed by atoms with Gasteiger partial charge in [0.1, 0.15) is 17.1 Å². The van der Waals surface area contributed by atoms with E-state index in [1.165, 1.54) is 11.7 Å². The number of aryl methyl sites for hydroxylation is 2. The molecular formula is C23H24N4O4. The molecule has 0 unspecified atom stereocenters. The fourth-order valence-corrected chi connectivity index (χ4v) is 4.00. The van der Waals surface area contributed by atoms with Crippen LogP contribution in [0, 0.1) is 13.8 Å². The van der Waals surface area contributed by atoms with Gasteiger partial charge in [-0.25, -0.2) is 4.98 Å². The highest BCUT2D eigenvalue weighted by Gasteiger charge is 2.26. The number of hydrogen-bond acceptors (Lipinski definition) is 5. The Morgan fingerprint density at radius 3 is 2.61 bits per heavy atom. The first-order valence-corrected chi connectivity index (χ1v) is 10.1. The molecule has 0 spiro atoms. The highest BCUT2D eigenvalue weighted by molar-refractivity contribution is 5.95. The van der Waals surface area contributed by atoms with E-state index < -0.39 is 5.56 Å². The predicted molar refractivity (Wildman–Crippen MR) is 116 cm³/mol. The standard InChI is InChI=1S/C23H24N4O4/c1-14-8-13-27(18-6-4-5-7-19(18)31-3)23(30)20(14)22(29)26-11-9-16-17(10-12-26)24-15(2)25-21(16)28/h4-8,13H,9-12H2,1-3H3,(H,24,25,28). The molecular weight excluding hydrogens is 396 g/mol. The molecule has 8 nitrogen and oxygen atoms in total. The smallest absolute Gasteiger partial charge is 0.268 e. The highest BCUT2D eigenvalue weighted by atomic mass is 16.5. The van der Waals surface area contributed by atoms with Crippen molar-refractivity contribution in [1.29, 1.82) is 0 Å². The second-order valence-electron chi connectivity index (χ2n) is 7.59. The number of hydrogen-bond donors (Lipinski definition) is 1. The molecule has 0 saturated heterocycles. The van der Waals surface area contributed by atoms with Crippen LogP contribution in [0.25, 0.3) is 5.69 Å². The van der Waals surface area contributed by atoms with Crippen LogP contribution in [-0.4, -0.2) is 45.5 Å². The van der Waals surface area contributed by atoms with Crippen LogP contribution in [0.5, 0.6) is 5.75 Å². The molecule has 0 aliphatic carbocycles. The fraction of sp³-hybridized carbons (Fsp3) is 0.304. The van der Waals surface area contributed by atoms with E-state index in [4.69, 9.17) is 4.74 Å². The lowest BCUT2D eigenvalue weighted by atomic mass is 10.1. The normalized spacial score (nSPS) is 13.5.